The minimum Gasteiger partial charge on any atom is -0.317 e. The molecule has 1 aromatic carbocycles. The number of hydrogen-bond acceptors (Lipinski definition) is 2. The summed E-state index contributed by atoms with van der Waals surface area (Å²) in [5.74, 6) is 0. The van der Waals surface area contributed by atoms with Crippen LogP contribution in [0.5, 0.6) is 0 Å². The average molecular weight is 325 g/mol. The summed E-state index contributed by atoms with van der Waals surface area (Å²) < 4.78 is 1.18. The van der Waals surface area contributed by atoms with Crippen LogP contribution >= 0.6 is 15.9 Å². The largest absolute Gasteiger partial charge is 0.317 e. The molecule has 1 N–H and O–H groups in total. The second-order valence-corrected chi connectivity index (χ2v) is 6.57. The molecule has 1 saturated carbocycles. The maximum atomic E-state index is 3.54. The summed E-state index contributed by atoms with van der Waals surface area (Å²) in [5, 5.41) is 3.40. The molecule has 0 heterocycles. The van der Waals surface area contributed by atoms with Crippen LogP contribution in [0, 0.1) is 0 Å². The number of nitrogens with zero attached hydrogens (tertiary/aromatic N) is 1. The van der Waals surface area contributed by atoms with Crippen LogP contribution in [0.3, 0.4) is 0 Å². The van der Waals surface area contributed by atoms with Gasteiger partial charge in [-0.05, 0) is 63.9 Å². The van der Waals surface area contributed by atoms with E-state index in [-0.39, 0.29) is 0 Å². The van der Waals surface area contributed by atoms with E-state index in [9.17, 15) is 0 Å². The van der Waals surface area contributed by atoms with Crippen molar-refractivity contribution < 1.29 is 0 Å². The molecule has 1 aromatic rings. The van der Waals surface area contributed by atoms with E-state index in [1.165, 1.54) is 35.7 Å². The van der Waals surface area contributed by atoms with Crippen molar-refractivity contribution in [3.8, 4) is 0 Å². The lowest BCUT2D eigenvalue weighted by Gasteiger charge is -2.34. The Labute approximate surface area is 125 Å². The summed E-state index contributed by atoms with van der Waals surface area (Å²) in [6.07, 6.45) is 6.45. The molecule has 3 heteroatoms. The normalized spacial score (nSPS) is 23.8. The van der Waals surface area contributed by atoms with Gasteiger partial charge in [-0.25, -0.2) is 0 Å². The molecule has 1 aliphatic rings. The number of benzene rings is 1. The molecule has 2 nitrogen and oxygen atoms in total. The fraction of sp³-hybridized carbons (Fsp3) is 0.625. The van der Waals surface area contributed by atoms with Gasteiger partial charge in [-0.2, -0.15) is 0 Å². The van der Waals surface area contributed by atoms with E-state index in [1.807, 2.05) is 0 Å². The molecular weight excluding hydrogens is 300 g/mol. The predicted octanol–water partition coefficient (Wildman–Crippen LogP) is 3.45. The highest BCUT2D eigenvalue weighted by molar-refractivity contribution is 9.10. The van der Waals surface area contributed by atoms with Crippen LogP contribution in [-0.2, 0) is 6.42 Å². The Kier molecular flexibility index (Phi) is 5.86. The molecule has 1 fully saturated rings. The molecule has 1 aliphatic carbocycles. The van der Waals surface area contributed by atoms with Crippen LogP contribution in [0.25, 0.3) is 0 Å². The first kappa shape index (κ1) is 15.0. The summed E-state index contributed by atoms with van der Waals surface area (Å²) in [4.78, 5) is 2.55. The molecule has 0 spiro atoms. The van der Waals surface area contributed by atoms with Gasteiger partial charge < -0.3 is 10.2 Å². The Bertz CT molecular complexity index is 386. The van der Waals surface area contributed by atoms with Crippen molar-refractivity contribution in [1.29, 1.82) is 0 Å². The Morgan fingerprint density at radius 2 is 2.00 bits per heavy atom. The number of halogens is 1. The van der Waals surface area contributed by atoms with Gasteiger partial charge in [0.15, 0.2) is 0 Å². The lowest BCUT2D eigenvalue weighted by Crippen LogP contribution is -2.40. The topological polar surface area (TPSA) is 15.3 Å². The van der Waals surface area contributed by atoms with E-state index in [0.717, 1.165) is 25.0 Å². The molecule has 106 valence electrons. The van der Waals surface area contributed by atoms with Gasteiger partial charge in [-0.15, -0.1) is 0 Å². The molecule has 0 atom stereocenters. The van der Waals surface area contributed by atoms with Gasteiger partial charge in [0.2, 0.25) is 0 Å². The molecule has 0 radical (unpaired) electrons. The molecule has 0 aromatic heterocycles. The highest BCUT2D eigenvalue weighted by Gasteiger charge is 2.22. The number of likely N-dealkylation sites (N-methyl/N-ethyl adjacent to an activating group) is 1. The van der Waals surface area contributed by atoms with E-state index >= 15 is 0 Å². The van der Waals surface area contributed by atoms with E-state index in [0.29, 0.717) is 0 Å². The Morgan fingerprint density at radius 3 is 2.63 bits per heavy atom. The Morgan fingerprint density at radius 1 is 1.26 bits per heavy atom. The zero-order valence-electron chi connectivity index (χ0n) is 12.0. The highest BCUT2D eigenvalue weighted by Crippen LogP contribution is 2.22. The van der Waals surface area contributed by atoms with E-state index in [1.54, 1.807) is 0 Å². The lowest BCUT2D eigenvalue weighted by atomic mass is 9.90. The van der Waals surface area contributed by atoms with Gasteiger partial charge in [0, 0.05) is 23.1 Å². The fourth-order valence-electron chi connectivity index (χ4n) is 2.99. The van der Waals surface area contributed by atoms with Crippen molar-refractivity contribution >= 4 is 15.9 Å². The van der Waals surface area contributed by atoms with Crippen LogP contribution in [0.1, 0.15) is 31.2 Å². The van der Waals surface area contributed by atoms with Gasteiger partial charge in [-0.3, -0.25) is 0 Å². The molecule has 2 rings (SSSR count). The SMILES string of the molecule is CNC1CCC(N(C)CCc2cccc(Br)c2)CC1. The summed E-state index contributed by atoms with van der Waals surface area (Å²) in [5.41, 5.74) is 1.42. The van der Waals surface area contributed by atoms with Crippen molar-refractivity contribution in [2.45, 2.75) is 44.2 Å². The Hall–Kier alpha value is -0.380. The molecule has 0 amide bonds. The molecule has 0 bridgehead atoms. The minimum atomic E-state index is 0.745. The number of nitrogens with one attached hydrogen (secondary N) is 1. The standard InChI is InChI=1S/C16H25BrN2/c1-18-15-6-8-16(9-7-15)19(2)11-10-13-4-3-5-14(17)12-13/h3-5,12,15-16,18H,6-11H2,1-2H3. The van der Waals surface area contributed by atoms with Gasteiger partial charge in [0.25, 0.3) is 0 Å². The second-order valence-electron chi connectivity index (χ2n) is 5.65. The first-order chi connectivity index (χ1) is 9.19. The molecule has 19 heavy (non-hydrogen) atoms. The second kappa shape index (κ2) is 7.41. The van der Waals surface area contributed by atoms with Crippen LogP contribution in [0.15, 0.2) is 28.7 Å². The average Bonchev–Trinajstić information content (AvgIpc) is 2.45. The third-order valence-electron chi connectivity index (χ3n) is 4.37. The third-order valence-corrected chi connectivity index (χ3v) is 4.86. The predicted molar refractivity (Wildman–Crippen MR) is 85.6 cm³/mol. The Balaban J connectivity index is 1.77. The summed E-state index contributed by atoms with van der Waals surface area (Å²) in [6, 6.07) is 10.2. The smallest absolute Gasteiger partial charge is 0.0178 e. The fourth-order valence-corrected chi connectivity index (χ4v) is 3.43. The zero-order chi connectivity index (χ0) is 13.7. The minimum absolute atomic E-state index is 0.745. The van der Waals surface area contributed by atoms with Crippen molar-refractivity contribution in [3.63, 3.8) is 0 Å². The number of hydrogen-bond donors (Lipinski definition) is 1. The highest BCUT2D eigenvalue weighted by atomic mass is 79.9. The first-order valence-electron chi connectivity index (χ1n) is 7.31. The third kappa shape index (κ3) is 4.59. The molecule has 0 saturated heterocycles. The van der Waals surface area contributed by atoms with Crippen LogP contribution in [0.2, 0.25) is 0 Å². The van der Waals surface area contributed by atoms with E-state index < -0.39 is 0 Å². The van der Waals surface area contributed by atoms with Crippen molar-refractivity contribution in [2.24, 2.45) is 0 Å². The van der Waals surface area contributed by atoms with Crippen molar-refractivity contribution in [2.75, 3.05) is 20.6 Å². The maximum absolute atomic E-state index is 3.54. The zero-order valence-corrected chi connectivity index (χ0v) is 13.6. The maximum Gasteiger partial charge on any atom is 0.0178 e. The first-order valence-corrected chi connectivity index (χ1v) is 8.10. The molecular formula is C16H25BrN2. The quantitative estimate of drug-likeness (QED) is 0.892. The van der Waals surface area contributed by atoms with Crippen LogP contribution < -0.4 is 5.32 Å². The van der Waals surface area contributed by atoms with Gasteiger partial charge in [-0.1, -0.05) is 28.1 Å². The molecule has 0 unspecified atom stereocenters. The lowest BCUT2D eigenvalue weighted by molar-refractivity contribution is 0.178. The van der Waals surface area contributed by atoms with Crippen molar-refractivity contribution in [1.82, 2.24) is 10.2 Å². The van der Waals surface area contributed by atoms with Gasteiger partial charge >= 0.3 is 0 Å². The van der Waals surface area contributed by atoms with Crippen LogP contribution in [0.4, 0.5) is 0 Å². The molecule has 0 aliphatic heterocycles. The van der Waals surface area contributed by atoms with Crippen LogP contribution in [-0.4, -0.2) is 37.6 Å². The van der Waals surface area contributed by atoms with E-state index in [2.05, 4.69) is 64.5 Å². The van der Waals surface area contributed by atoms with E-state index in [4.69, 9.17) is 0 Å². The summed E-state index contributed by atoms with van der Waals surface area (Å²) in [7, 11) is 4.37. The van der Waals surface area contributed by atoms with Crippen molar-refractivity contribution in [3.05, 3.63) is 34.3 Å². The van der Waals surface area contributed by atoms with Gasteiger partial charge in [0.05, 0.1) is 0 Å². The summed E-state index contributed by atoms with van der Waals surface area (Å²) in [6.45, 7) is 1.16. The number of rotatable bonds is 5. The monoisotopic (exact) mass is 324 g/mol. The summed E-state index contributed by atoms with van der Waals surface area (Å²) >= 11 is 3.54. The van der Waals surface area contributed by atoms with Gasteiger partial charge in [0.1, 0.15) is 0 Å².